The second kappa shape index (κ2) is 6.59. The average Bonchev–Trinajstić information content (AvgIpc) is 3.64. The topological polar surface area (TPSA) is 61.9 Å². The highest BCUT2D eigenvalue weighted by Gasteiger charge is 2.44. The summed E-state index contributed by atoms with van der Waals surface area (Å²) in [5, 5.41) is 12.7. The summed E-state index contributed by atoms with van der Waals surface area (Å²) in [6.45, 7) is 0.815. The number of anilines is 1. The first-order chi connectivity index (χ1) is 13.3. The van der Waals surface area contributed by atoms with Gasteiger partial charge in [0.1, 0.15) is 6.07 Å². The SMILES string of the molecule is N#Cc1nc(C2CC2c2ccccc2)oc1NCC1CC1c1ccccc1. The monoisotopic (exact) mass is 355 g/mol. The molecule has 0 aliphatic heterocycles. The van der Waals surface area contributed by atoms with E-state index in [9.17, 15) is 5.26 Å². The number of hydrogen-bond donors (Lipinski definition) is 1. The van der Waals surface area contributed by atoms with Gasteiger partial charge in [-0.2, -0.15) is 5.26 Å². The Kier molecular flexibility index (Phi) is 3.94. The molecule has 1 N–H and O–H groups in total. The minimum atomic E-state index is 0.285. The molecule has 2 saturated carbocycles. The van der Waals surface area contributed by atoms with Gasteiger partial charge in [-0.15, -0.1) is 0 Å². The molecule has 27 heavy (non-hydrogen) atoms. The molecule has 1 heterocycles. The van der Waals surface area contributed by atoms with Crippen LogP contribution in [0.5, 0.6) is 0 Å². The van der Waals surface area contributed by atoms with E-state index in [-0.39, 0.29) is 5.92 Å². The second-order valence-corrected chi connectivity index (χ2v) is 7.59. The highest BCUT2D eigenvalue weighted by atomic mass is 16.4. The Morgan fingerprint density at radius 1 is 0.926 bits per heavy atom. The third-order valence-corrected chi connectivity index (χ3v) is 5.76. The van der Waals surface area contributed by atoms with Gasteiger partial charge in [-0.25, -0.2) is 4.98 Å². The standard InChI is InChI=1S/C23H21N3O/c24-13-21-23(25-14-17-11-18(17)15-7-3-1-4-8-15)27-22(26-21)20-12-19(20)16-9-5-2-6-10-16/h1-10,17-20,25H,11-12,14H2. The van der Waals surface area contributed by atoms with Crippen molar-refractivity contribution in [1.82, 2.24) is 4.98 Å². The van der Waals surface area contributed by atoms with E-state index >= 15 is 0 Å². The zero-order valence-corrected chi connectivity index (χ0v) is 15.0. The van der Waals surface area contributed by atoms with Gasteiger partial charge in [0.05, 0.1) is 0 Å². The highest BCUT2D eigenvalue weighted by molar-refractivity contribution is 5.47. The van der Waals surface area contributed by atoms with Crippen LogP contribution in [0.2, 0.25) is 0 Å². The molecule has 4 nitrogen and oxygen atoms in total. The van der Waals surface area contributed by atoms with Crippen molar-refractivity contribution >= 4 is 5.88 Å². The Bertz CT molecular complexity index is 974. The Labute approximate surface area is 158 Å². The zero-order valence-electron chi connectivity index (χ0n) is 15.0. The van der Waals surface area contributed by atoms with Crippen molar-refractivity contribution in [3.63, 3.8) is 0 Å². The van der Waals surface area contributed by atoms with Crippen LogP contribution in [0, 0.1) is 17.2 Å². The normalized spacial score (nSPS) is 25.6. The lowest BCUT2D eigenvalue weighted by Crippen LogP contribution is -2.05. The molecule has 0 bridgehead atoms. The van der Waals surface area contributed by atoms with Crippen molar-refractivity contribution in [2.45, 2.75) is 30.6 Å². The summed E-state index contributed by atoms with van der Waals surface area (Å²) in [6.07, 6.45) is 2.21. The summed E-state index contributed by atoms with van der Waals surface area (Å²) in [5.74, 6) is 3.16. The maximum absolute atomic E-state index is 9.42. The van der Waals surface area contributed by atoms with E-state index in [0.29, 0.717) is 35.2 Å². The fourth-order valence-electron chi connectivity index (χ4n) is 4.03. The first kappa shape index (κ1) is 16.1. The van der Waals surface area contributed by atoms with Gasteiger partial charge in [0, 0.05) is 12.5 Å². The van der Waals surface area contributed by atoms with Crippen LogP contribution in [0.25, 0.3) is 0 Å². The first-order valence-electron chi connectivity index (χ1n) is 9.58. The average molecular weight is 355 g/mol. The second-order valence-electron chi connectivity index (χ2n) is 7.59. The zero-order chi connectivity index (χ0) is 18.2. The molecule has 0 spiro atoms. The molecule has 4 heteroatoms. The van der Waals surface area contributed by atoms with Gasteiger partial charge in [0.15, 0.2) is 0 Å². The van der Waals surface area contributed by atoms with Crippen LogP contribution in [0.15, 0.2) is 65.1 Å². The minimum absolute atomic E-state index is 0.285. The van der Waals surface area contributed by atoms with Crippen LogP contribution in [-0.4, -0.2) is 11.5 Å². The largest absolute Gasteiger partial charge is 0.424 e. The fourth-order valence-corrected chi connectivity index (χ4v) is 4.03. The Morgan fingerprint density at radius 3 is 2.26 bits per heavy atom. The number of nitriles is 1. The van der Waals surface area contributed by atoms with Gasteiger partial charge in [-0.3, -0.25) is 0 Å². The molecule has 5 rings (SSSR count). The number of rotatable bonds is 6. The first-order valence-corrected chi connectivity index (χ1v) is 9.58. The van der Waals surface area contributed by atoms with Gasteiger partial charge in [-0.1, -0.05) is 60.7 Å². The molecule has 4 unspecified atom stereocenters. The molecule has 0 saturated heterocycles. The van der Waals surface area contributed by atoms with Gasteiger partial charge in [0.25, 0.3) is 0 Å². The lowest BCUT2D eigenvalue weighted by molar-refractivity contribution is 0.504. The number of hydrogen-bond acceptors (Lipinski definition) is 4. The third kappa shape index (κ3) is 3.21. The van der Waals surface area contributed by atoms with E-state index in [4.69, 9.17) is 4.42 Å². The van der Waals surface area contributed by atoms with E-state index < -0.39 is 0 Å². The van der Waals surface area contributed by atoms with Crippen LogP contribution in [0.3, 0.4) is 0 Å². The van der Waals surface area contributed by atoms with Crippen molar-refractivity contribution in [1.29, 1.82) is 5.26 Å². The van der Waals surface area contributed by atoms with Crippen molar-refractivity contribution in [2.75, 3.05) is 11.9 Å². The maximum atomic E-state index is 9.42. The lowest BCUT2D eigenvalue weighted by Gasteiger charge is -2.03. The number of nitrogens with zero attached hydrogens (tertiary/aromatic N) is 2. The van der Waals surface area contributed by atoms with Crippen LogP contribution >= 0.6 is 0 Å². The van der Waals surface area contributed by atoms with Crippen molar-refractivity contribution in [3.8, 4) is 6.07 Å². The van der Waals surface area contributed by atoms with Gasteiger partial charge >= 0.3 is 0 Å². The molecule has 2 fully saturated rings. The molecular weight excluding hydrogens is 334 g/mol. The lowest BCUT2D eigenvalue weighted by atomic mass is 10.1. The predicted octanol–water partition coefficient (Wildman–Crippen LogP) is 5.03. The molecule has 1 aromatic heterocycles. The maximum Gasteiger partial charge on any atom is 0.232 e. The van der Waals surface area contributed by atoms with Gasteiger partial charge < -0.3 is 9.73 Å². The summed E-state index contributed by atoms with van der Waals surface area (Å²) in [5.41, 5.74) is 3.09. The number of nitrogens with one attached hydrogen (secondary N) is 1. The molecule has 4 atom stereocenters. The quantitative estimate of drug-likeness (QED) is 0.673. The number of aromatic nitrogens is 1. The predicted molar refractivity (Wildman–Crippen MR) is 104 cm³/mol. The summed E-state index contributed by atoms with van der Waals surface area (Å²) >= 11 is 0. The van der Waals surface area contributed by atoms with Crippen LogP contribution in [0.4, 0.5) is 5.88 Å². The van der Waals surface area contributed by atoms with E-state index in [0.717, 1.165) is 13.0 Å². The van der Waals surface area contributed by atoms with Gasteiger partial charge in [-0.05, 0) is 41.7 Å². The molecule has 3 aromatic rings. The van der Waals surface area contributed by atoms with E-state index in [2.05, 4.69) is 71.0 Å². The summed E-state index contributed by atoms with van der Waals surface area (Å²) < 4.78 is 5.96. The van der Waals surface area contributed by atoms with Crippen LogP contribution in [0.1, 0.15) is 53.3 Å². The van der Waals surface area contributed by atoms with Crippen LogP contribution in [-0.2, 0) is 0 Å². The van der Waals surface area contributed by atoms with E-state index in [1.807, 2.05) is 6.07 Å². The molecule has 134 valence electrons. The third-order valence-electron chi connectivity index (χ3n) is 5.76. The molecule has 2 aliphatic rings. The molecule has 2 aromatic carbocycles. The molecular formula is C23H21N3O. The Hall–Kier alpha value is -3.06. The van der Waals surface area contributed by atoms with Crippen molar-refractivity contribution in [2.24, 2.45) is 5.92 Å². The highest BCUT2D eigenvalue weighted by Crippen LogP contribution is 2.54. The van der Waals surface area contributed by atoms with Crippen molar-refractivity contribution in [3.05, 3.63) is 83.4 Å². The Morgan fingerprint density at radius 2 is 1.59 bits per heavy atom. The van der Waals surface area contributed by atoms with Crippen molar-refractivity contribution < 1.29 is 4.42 Å². The minimum Gasteiger partial charge on any atom is -0.424 e. The smallest absolute Gasteiger partial charge is 0.232 e. The fraction of sp³-hybridized carbons (Fsp3) is 0.304. The van der Waals surface area contributed by atoms with Crippen LogP contribution < -0.4 is 5.32 Å². The summed E-state index contributed by atoms with van der Waals surface area (Å²) in [4.78, 5) is 4.45. The van der Waals surface area contributed by atoms with E-state index in [1.165, 1.54) is 17.5 Å². The molecule has 2 aliphatic carbocycles. The van der Waals surface area contributed by atoms with Gasteiger partial charge in [0.2, 0.25) is 17.5 Å². The number of benzene rings is 2. The molecule has 0 radical (unpaired) electrons. The summed E-state index contributed by atoms with van der Waals surface area (Å²) in [7, 11) is 0. The number of oxazole rings is 1. The molecule has 0 amide bonds. The summed E-state index contributed by atoms with van der Waals surface area (Å²) in [6, 6.07) is 23.2. The Balaban J connectivity index is 1.23. The van der Waals surface area contributed by atoms with E-state index in [1.54, 1.807) is 0 Å².